The van der Waals surface area contributed by atoms with Gasteiger partial charge in [-0.2, -0.15) is 0 Å². The number of likely N-dealkylation sites (tertiary alicyclic amines) is 1. The third kappa shape index (κ3) is 1.69. The summed E-state index contributed by atoms with van der Waals surface area (Å²) in [6.07, 6.45) is 1.38. The van der Waals surface area contributed by atoms with Crippen molar-refractivity contribution in [2.24, 2.45) is 0 Å². The molecule has 96 valence electrons. The lowest BCUT2D eigenvalue weighted by atomic mass is 10.1. The summed E-state index contributed by atoms with van der Waals surface area (Å²) in [5, 5.41) is 0. The van der Waals surface area contributed by atoms with Gasteiger partial charge in [0.25, 0.3) is 5.91 Å². The van der Waals surface area contributed by atoms with E-state index < -0.39 is 0 Å². The maximum Gasteiger partial charge on any atom is 0.289 e. The molecule has 0 aliphatic carbocycles. The fourth-order valence-corrected chi connectivity index (χ4v) is 2.48. The smallest absolute Gasteiger partial charge is 0.289 e. The first-order valence-electron chi connectivity index (χ1n) is 5.87. The summed E-state index contributed by atoms with van der Waals surface area (Å²) in [4.78, 5) is 27.0. The van der Waals surface area contributed by atoms with Crippen molar-refractivity contribution in [3.63, 3.8) is 0 Å². The highest BCUT2D eigenvalue weighted by molar-refractivity contribution is 5.92. The maximum absolute atomic E-state index is 12.1. The Balaban J connectivity index is 1.75. The number of nitrogens with zero attached hydrogens (tertiary/aromatic N) is 2. The fourth-order valence-electron chi connectivity index (χ4n) is 2.48. The largest absolute Gasteiger partial charge is 0.459 e. The topological polar surface area (TPSA) is 63.0 Å². The van der Waals surface area contributed by atoms with Crippen molar-refractivity contribution >= 4 is 11.8 Å². The summed E-state index contributed by atoms with van der Waals surface area (Å²) in [7, 11) is 1.75. The highest BCUT2D eigenvalue weighted by Gasteiger charge is 2.43. The van der Waals surface area contributed by atoms with E-state index in [1.807, 2.05) is 0 Å². The molecule has 2 amide bonds. The number of furan rings is 1. The Bertz CT molecular complexity index is 470. The molecule has 0 aromatic carbocycles. The average molecular weight is 250 g/mol. The summed E-state index contributed by atoms with van der Waals surface area (Å²) in [5.41, 5.74) is 0. The summed E-state index contributed by atoms with van der Waals surface area (Å²) in [6.45, 7) is 1.09. The van der Waals surface area contributed by atoms with Gasteiger partial charge in [-0.1, -0.05) is 0 Å². The van der Waals surface area contributed by atoms with Gasteiger partial charge in [0.15, 0.2) is 5.76 Å². The number of carbonyl (C=O) groups is 2. The third-order valence-corrected chi connectivity index (χ3v) is 3.57. The summed E-state index contributed by atoms with van der Waals surface area (Å²) < 4.78 is 10.6. The number of ether oxygens (including phenoxy) is 1. The standard InChI is InChI=1S/C12H14N2O4/c1-13-8-5-14(6-10(8)18-7-11(13)15)12(16)9-3-2-4-17-9/h2-4,8,10H,5-7H2,1H3. The molecule has 2 unspecified atom stereocenters. The minimum atomic E-state index is -0.154. The van der Waals surface area contributed by atoms with E-state index in [9.17, 15) is 9.59 Å². The van der Waals surface area contributed by atoms with Crippen LogP contribution in [0.2, 0.25) is 0 Å². The van der Waals surface area contributed by atoms with Crippen LogP contribution in [0.4, 0.5) is 0 Å². The van der Waals surface area contributed by atoms with Gasteiger partial charge < -0.3 is 19.0 Å². The number of carbonyl (C=O) groups excluding carboxylic acids is 2. The Morgan fingerprint density at radius 2 is 2.28 bits per heavy atom. The molecule has 0 N–H and O–H groups in total. The molecule has 2 saturated heterocycles. The van der Waals surface area contributed by atoms with E-state index in [0.29, 0.717) is 18.8 Å². The zero-order valence-corrected chi connectivity index (χ0v) is 10.0. The van der Waals surface area contributed by atoms with Crippen LogP contribution in [0.5, 0.6) is 0 Å². The zero-order valence-electron chi connectivity index (χ0n) is 10.0. The van der Waals surface area contributed by atoms with Gasteiger partial charge in [-0.05, 0) is 12.1 Å². The second-order valence-electron chi connectivity index (χ2n) is 4.61. The first-order valence-corrected chi connectivity index (χ1v) is 5.87. The van der Waals surface area contributed by atoms with Crippen molar-refractivity contribution in [2.75, 3.05) is 26.7 Å². The van der Waals surface area contributed by atoms with Crippen molar-refractivity contribution < 1.29 is 18.7 Å². The molecule has 0 saturated carbocycles. The van der Waals surface area contributed by atoms with Gasteiger partial charge in [-0.3, -0.25) is 9.59 Å². The summed E-state index contributed by atoms with van der Waals surface area (Å²) in [5.74, 6) is 0.130. The number of morpholine rings is 1. The molecule has 3 rings (SSSR count). The van der Waals surface area contributed by atoms with Crippen LogP contribution in [0, 0.1) is 0 Å². The van der Waals surface area contributed by atoms with E-state index in [0.717, 1.165) is 0 Å². The molecular weight excluding hydrogens is 236 g/mol. The fraction of sp³-hybridized carbons (Fsp3) is 0.500. The number of rotatable bonds is 1. The normalized spacial score (nSPS) is 27.5. The van der Waals surface area contributed by atoms with Crippen LogP contribution in [0.25, 0.3) is 0 Å². The SMILES string of the molecule is CN1C(=O)COC2CN(C(=O)c3ccco3)CC21. The van der Waals surface area contributed by atoms with Gasteiger partial charge in [0.1, 0.15) is 6.61 Å². The van der Waals surface area contributed by atoms with Crippen molar-refractivity contribution in [1.29, 1.82) is 0 Å². The van der Waals surface area contributed by atoms with Crippen LogP contribution >= 0.6 is 0 Å². The van der Waals surface area contributed by atoms with Gasteiger partial charge in [0, 0.05) is 20.1 Å². The van der Waals surface area contributed by atoms with Crippen LogP contribution in [-0.4, -0.2) is 60.5 Å². The Morgan fingerprint density at radius 3 is 3.00 bits per heavy atom. The van der Waals surface area contributed by atoms with E-state index in [-0.39, 0.29) is 30.6 Å². The van der Waals surface area contributed by atoms with Crippen molar-refractivity contribution in [3.05, 3.63) is 24.2 Å². The minimum absolute atomic E-state index is 0.0384. The van der Waals surface area contributed by atoms with Crippen LogP contribution in [0.15, 0.2) is 22.8 Å². The molecule has 0 radical (unpaired) electrons. The monoisotopic (exact) mass is 250 g/mol. The van der Waals surface area contributed by atoms with E-state index in [2.05, 4.69) is 0 Å². The minimum Gasteiger partial charge on any atom is -0.459 e. The molecule has 2 atom stereocenters. The molecule has 2 aliphatic heterocycles. The van der Waals surface area contributed by atoms with Crippen LogP contribution < -0.4 is 0 Å². The van der Waals surface area contributed by atoms with Crippen molar-refractivity contribution in [3.8, 4) is 0 Å². The number of likely N-dealkylation sites (N-methyl/N-ethyl adjacent to an activating group) is 1. The van der Waals surface area contributed by atoms with E-state index in [1.54, 1.807) is 29.0 Å². The third-order valence-electron chi connectivity index (χ3n) is 3.57. The van der Waals surface area contributed by atoms with Gasteiger partial charge in [0.2, 0.25) is 5.91 Å². The van der Waals surface area contributed by atoms with E-state index in [4.69, 9.17) is 9.15 Å². The molecule has 18 heavy (non-hydrogen) atoms. The van der Waals surface area contributed by atoms with Crippen LogP contribution in [0.3, 0.4) is 0 Å². The first-order chi connectivity index (χ1) is 8.66. The Kier molecular flexibility index (Phi) is 2.59. The number of hydrogen-bond acceptors (Lipinski definition) is 4. The lowest BCUT2D eigenvalue weighted by Gasteiger charge is -2.33. The molecule has 0 bridgehead atoms. The summed E-state index contributed by atoms with van der Waals surface area (Å²) >= 11 is 0. The molecule has 6 heteroatoms. The predicted molar refractivity (Wildman–Crippen MR) is 60.9 cm³/mol. The Labute approximate surface area is 104 Å². The lowest BCUT2D eigenvalue weighted by molar-refractivity contribution is -0.150. The van der Waals surface area contributed by atoms with Gasteiger partial charge in [-0.25, -0.2) is 0 Å². The average Bonchev–Trinajstić information content (AvgIpc) is 3.01. The molecule has 2 fully saturated rings. The number of hydrogen-bond donors (Lipinski definition) is 0. The van der Waals surface area contributed by atoms with E-state index >= 15 is 0 Å². The molecule has 6 nitrogen and oxygen atoms in total. The Hall–Kier alpha value is -1.82. The zero-order chi connectivity index (χ0) is 12.7. The second kappa shape index (κ2) is 4.13. The van der Waals surface area contributed by atoms with Crippen LogP contribution in [0.1, 0.15) is 10.6 Å². The summed E-state index contributed by atoms with van der Waals surface area (Å²) in [6, 6.07) is 3.27. The van der Waals surface area contributed by atoms with Gasteiger partial charge >= 0.3 is 0 Å². The molecule has 1 aromatic rings. The van der Waals surface area contributed by atoms with Gasteiger partial charge in [-0.15, -0.1) is 0 Å². The molecule has 3 heterocycles. The van der Waals surface area contributed by atoms with Crippen molar-refractivity contribution in [2.45, 2.75) is 12.1 Å². The molecular formula is C12H14N2O4. The van der Waals surface area contributed by atoms with E-state index in [1.165, 1.54) is 6.26 Å². The van der Waals surface area contributed by atoms with Crippen LogP contribution in [-0.2, 0) is 9.53 Å². The Morgan fingerprint density at radius 1 is 1.44 bits per heavy atom. The quantitative estimate of drug-likeness (QED) is 0.701. The predicted octanol–water partition coefficient (Wildman–Crippen LogP) is -0.0388. The highest BCUT2D eigenvalue weighted by atomic mass is 16.5. The number of amides is 2. The maximum atomic E-state index is 12.1. The van der Waals surface area contributed by atoms with Crippen molar-refractivity contribution in [1.82, 2.24) is 9.80 Å². The molecule has 1 aromatic heterocycles. The second-order valence-corrected chi connectivity index (χ2v) is 4.61. The molecule has 2 aliphatic rings. The number of fused-ring (bicyclic) bond motifs is 1. The highest BCUT2D eigenvalue weighted by Crippen LogP contribution is 2.23. The molecule has 0 spiro atoms. The van der Waals surface area contributed by atoms with Gasteiger partial charge in [0.05, 0.1) is 18.4 Å². The lowest BCUT2D eigenvalue weighted by Crippen LogP contribution is -2.51. The first kappa shape index (κ1) is 11.3.